The van der Waals surface area contributed by atoms with Gasteiger partial charge in [-0.05, 0) is 37.6 Å². The number of nitrogens with one attached hydrogen (secondary N) is 1. The molecule has 1 fully saturated rings. The van der Waals surface area contributed by atoms with Crippen LogP contribution in [0.3, 0.4) is 0 Å². The zero-order valence-corrected chi connectivity index (χ0v) is 11.5. The van der Waals surface area contributed by atoms with Gasteiger partial charge >= 0.3 is 0 Å². The van der Waals surface area contributed by atoms with Crippen molar-refractivity contribution in [2.24, 2.45) is 0 Å². The van der Waals surface area contributed by atoms with Crippen LogP contribution in [0.1, 0.15) is 31.9 Å². The van der Waals surface area contributed by atoms with Crippen LogP contribution >= 0.6 is 0 Å². The van der Waals surface area contributed by atoms with Gasteiger partial charge in [-0.15, -0.1) is 0 Å². The second-order valence-corrected chi connectivity index (χ2v) is 4.87. The van der Waals surface area contributed by atoms with Gasteiger partial charge in [0.25, 0.3) is 0 Å². The maximum atomic E-state index is 5.40. The Morgan fingerprint density at radius 1 is 1.33 bits per heavy atom. The summed E-state index contributed by atoms with van der Waals surface area (Å²) in [7, 11) is 0. The Kier molecular flexibility index (Phi) is 5.02. The van der Waals surface area contributed by atoms with Crippen LogP contribution in [0.15, 0.2) is 24.3 Å². The molecule has 0 bridgehead atoms. The number of ether oxygens (including phenoxy) is 1. The van der Waals surface area contributed by atoms with Gasteiger partial charge in [0.15, 0.2) is 0 Å². The number of rotatable bonds is 5. The second-order valence-electron chi connectivity index (χ2n) is 4.87. The van der Waals surface area contributed by atoms with Crippen molar-refractivity contribution in [3.63, 3.8) is 0 Å². The number of anilines is 1. The first-order valence-electron chi connectivity index (χ1n) is 6.97. The van der Waals surface area contributed by atoms with Crippen molar-refractivity contribution in [1.82, 2.24) is 5.32 Å². The van der Waals surface area contributed by atoms with Crippen LogP contribution in [0.4, 0.5) is 5.69 Å². The van der Waals surface area contributed by atoms with Gasteiger partial charge in [0.2, 0.25) is 0 Å². The lowest BCUT2D eigenvalue weighted by Gasteiger charge is -2.29. The minimum Gasteiger partial charge on any atom is -0.378 e. The zero-order chi connectivity index (χ0) is 12.8. The van der Waals surface area contributed by atoms with E-state index in [1.165, 1.54) is 17.7 Å². The van der Waals surface area contributed by atoms with Crippen LogP contribution in [0.25, 0.3) is 0 Å². The van der Waals surface area contributed by atoms with E-state index >= 15 is 0 Å². The standard InChI is InChI=1S/C15H24N2O/c1-3-7-16-13(2)14-5-4-6-15(12-14)17-8-10-18-11-9-17/h4-6,12-13,16H,3,7-11H2,1-2H3. The SMILES string of the molecule is CCCNC(C)c1cccc(N2CCOCC2)c1. The van der Waals surface area contributed by atoms with Crippen molar-refractivity contribution in [3.05, 3.63) is 29.8 Å². The fourth-order valence-corrected chi connectivity index (χ4v) is 2.29. The third-order valence-electron chi connectivity index (χ3n) is 3.45. The molecule has 0 saturated carbocycles. The molecule has 1 aliphatic rings. The summed E-state index contributed by atoms with van der Waals surface area (Å²) in [5, 5.41) is 3.54. The molecular formula is C15H24N2O. The molecule has 1 aliphatic heterocycles. The number of hydrogen-bond acceptors (Lipinski definition) is 3. The van der Waals surface area contributed by atoms with Crippen LogP contribution in [0.5, 0.6) is 0 Å². The lowest BCUT2D eigenvalue weighted by Crippen LogP contribution is -2.36. The molecule has 1 saturated heterocycles. The highest BCUT2D eigenvalue weighted by molar-refractivity contribution is 5.49. The Morgan fingerprint density at radius 3 is 2.83 bits per heavy atom. The van der Waals surface area contributed by atoms with Gasteiger partial charge in [-0.3, -0.25) is 0 Å². The Morgan fingerprint density at radius 2 is 2.11 bits per heavy atom. The molecule has 0 spiro atoms. The third kappa shape index (κ3) is 3.47. The summed E-state index contributed by atoms with van der Waals surface area (Å²) in [6, 6.07) is 9.28. The van der Waals surface area contributed by atoms with E-state index < -0.39 is 0 Å². The smallest absolute Gasteiger partial charge is 0.0642 e. The third-order valence-corrected chi connectivity index (χ3v) is 3.45. The predicted octanol–water partition coefficient (Wildman–Crippen LogP) is 2.58. The Labute approximate surface area is 110 Å². The van der Waals surface area contributed by atoms with Gasteiger partial charge in [-0.2, -0.15) is 0 Å². The van der Waals surface area contributed by atoms with E-state index in [0.29, 0.717) is 6.04 Å². The minimum absolute atomic E-state index is 0.422. The summed E-state index contributed by atoms with van der Waals surface area (Å²) in [5.41, 5.74) is 2.69. The molecule has 1 aromatic rings. The predicted molar refractivity (Wildman–Crippen MR) is 76.2 cm³/mol. The maximum Gasteiger partial charge on any atom is 0.0642 e. The van der Waals surface area contributed by atoms with E-state index in [1.54, 1.807) is 0 Å². The molecule has 0 radical (unpaired) electrons. The molecule has 0 aliphatic carbocycles. The molecule has 18 heavy (non-hydrogen) atoms. The fraction of sp³-hybridized carbons (Fsp3) is 0.600. The van der Waals surface area contributed by atoms with Crippen molar-refractivity contribution < 1.29 is 4.74 Å². The lowest BCUT2D eigenvalue weighted by atomic mass is 10.1. The van der Waals surface area contributed by atoms with Crippen LogP contribution in [0, 0.1) is 0 Å². The average molecular weight is 248 g/mol. The number of hydrogen-bond donors (Lipinski definition) is 1. The summed E-state index contributed by atoms with van der Waals surface area (Å²) >= 11 is 0. The first-order valence-corrected chi connectivity index (χ1v) is 6.97. The van der Waals surface area contributed by atoms with Gasteiger partial charge in [0.1, 0.15) is 0 Å². The van der Waals surface area contributed by atoms with Crippen LogP contribution in [-0.2, 0) is 4.74 Å². The summed E-state index contributed by atoms with van der Waals surface area (Å²) in [4.78, 5) is 2.40. The molecule has 100 valence electrons. The largest absolute Gasteiger partial charge is 0.378 e. The minimum atomic E-state index is 0.422. The van der Waals surface area contributed by atoms with Gasteiger partial charge in [0.05, 0.1) is 13.2 Å². The van der Waals surface area contributed by atoms with E-state index in [2.05, 4.69) is 48.3 Å². The van der Waals surface area contributed by atoms with Gasteiger partial charge in [-0.25, -0.2) is 0 Å². The van der Waals surface area contributed by atoms with Crippen molar-refractivity contribution in [3.8, 4) is 0 Å². The normalized spacial score (nSPS) is 17.8. The molecule has 0 amide bonds. The van der Waals surface area contributed by atoms with Crippen LogP contribution in [-0.4, -0.2) is 32.8 Å². The lowest BCUT2D eigenvalue weighted by molar-refractivity contribution is 0.122. The summed E-state index contributed by atoms with van der Waals surface area (Å²) in [5.74, 6) is 0. The maximum absolute atomic E-state index is 5.40. The van der Waals surface area contributed by atoms with Crippen molar-refractivity contribution in [2.45, 2.75) is 26.3 Å². The van der Waals surface area contributed by atoms with E-state index in [9.17, 15) is 0 Å². The zero-order valence-electron chi connectivity index (χ0n) is 11.5. The molecule has 3 heteroatoms. The Hall–Kier alpha value is -1.06. The molecular weight excluding hydrogens is 224 g/mol. The highest BCUT2D eigenvalue weighted by Crippen LogP contribution is 2.21. The van der Waals surface area contributed by atoms with Gasteiger partial charge in [0, 0.05) is 24.8 Å². The van der Waals surface area contributed by atoms with Crippen LogP contribution < -0.4 is 10.2 Å². The Bertz CT molecular complexity index is 361. The topological polar surface area (TPSA) is 24.5 Å². The molecule has 0 aromatic heterocycles. The molecule has 1 heterocycles. The first-order chi connectivity index (χ1) is 8.81. The first kappa shape index (κ1) is 13.4. The van der Waals surface area contributed by atoms with Gasteiger partial charge in [-0.1, -0.05) is 19.1 Å². The molecule has 1 unspecified atom stereocenters. The number of benzene rings is 1. The van der Waals surface area contributed by atoms with Crippen molar-refractivity contribution in [1.29, 1.82) is 0 Å². The number of morpholine rings is 1. The average Bonchev–Trinajstić information content (AvgIpc) is 2.46. The van der Waals surface area contributed by atoms with E-state index in [4.69, 9.17) is 4.74 Å². The van der Waals surface area contributed by atoms with E-state index in [0.717, 1.165) is 32.8 Å². The van der Waals surface area contributed by atoms with E-state index in [1.807, 2.05) is 0 Å². The molecule has 2 rings (SSSR count). The highest BCUT2D eigenvalue weighted by atomic mass is 16.5. The number of nitrogens with zero attached hydrogens (tertiary/aromatic N) is 1. The molecule has 1 N–H and O–H groups in total. The quantitative estimate of drug-likeness (QED) is 0.867. The van der Waals surface area contributed by atoms with Gasteiger partial charge < -0.3 is 15.0 Å². The Balaban J connectivity index is 2.04. The summed E-state index contributed by atoms with van der Waals surface area (Å²) in [6.45, 7) is 9.18. The van der Waals surface area contributed by atoms with Crippen molar-refractivity contribution in [2.75, 3.05) is 37.7 Å². The molecule has 1 aromatic carbocycles. The van der Waals surface area contributed by atoms with Crippen LogP contribution in [0.2, 0.25) is 0 Å². The molecule has 3 nitrogen and oxygen atoms in total. The molecule has 1 atom stereocenters. The van der Waals surface area contributed by atoms with E-state index in [-0.39, 0.29) is 0 Å². The highest BCUT2D eigenvalue weighted by Gasteiger charge is 2.12. The summed E-state index contributed by atoms with van der Waals surface area (Å²) in [6.07, 6.45) is 1.17. The second kappa shape index (κ2) is 6.76. The fourth-order valence-electron chi connectivity index (χ4n) is 2.29. The monoisotopic (exact) mass is 248 g/mol. The van der Waals surface area contributed by atoms with Crippen molar-refractivity contribution >= 4 is 5.69 Å². The summed E-state index contributed by atoms with van der Waals surface area (Å²) < 4.78 is 5.40.